The van der Waals surface area contributed by atoms with Crippen molar-refractivity contribution in [3.05, 3.63) is 16.0 Å². The number of carbonyl (C=O) groups excluding carboxylic acids is 3. The highest BCUT2D eigenvalue weighted by Crippen LogP contribution is 2.20. The normalized spacial score (nSPS) is 11.6. The van der Waals surface area contributed by atoms with Crippen LogP contribution in [0.4, 0.5) is 4.79 Å². The molecule has 0 saturated heterocycles. The highest BCUT2D eigenvalue weighted by molar-refractivity contribution is 6.07. The summed E-state index contributed by atoms with van der Waals surface area (Å²) in [6, 6.07) is 0. The molecule has 2 N–H and O–H groups in total. The van der Waals surface area contributed by atoms with Crippen molar-refractivity contribution >= 4 is 18.0 Å². The summed E-state index contributed by atoms with van der Waals surface area (Å²) in [5, 5.41) is 7.73. The highest BCUT2D eigenvalue weighted by Gasteiger charge is 2.51. The fraction of sp³-hybridized carbons (Fsp3) is 0.688. The average molecular weight is 387 g/mol. The molecule has 0 bridgehead atoms. The Morgan fingerprint density at radius 3 is 2.07 bits per heavy atom. The van der Waals surface area contributed by atoms with E-state index in [0.717, 1.165) is 0 Å². The molecule has 0 aliphatic carbocycles. The lowest BCUT2D eigenvalue weighted by atomic mass is 9.92. The number of hydrogen-bond donors (Lipinski definition) is 2. The second-order valence-corrected chi connectivity index (χ2v) is 6.53. The molecule has 0 aliphatic heterocycles. The molecule has 0 spiro atoms. The van der Waals surface area contributed by atoms with Gasteiger partial charge in [0.15, 0.2) is 5.69 Å². The zero-order valence-electron chi connectivity index (χ0n) is 16.0. The summed E-state index contributed by atoms with van der Waals surface area (Å²) in [5.74, 6) is -2.07. The quantitative estimate of drug-likeness (QED) is 0.373. The average Bonchev–Trinajstić information content (AvgIpc) is 2.95. The number of esters is 2. The molecule has 11 heteroatoms. The van der Waals surface area contributed by atoms with Crippen LogP contribution in [0.25, 0.3) is 0 Å². The van der Waals surface area contributed by atoms with E-state index in [9.17, 15) is 19.2 Å². The van der Waals surface area contributed by atoms with Gasteiger partial charge in [0, 0.05) is 6.42 Å². The van der Waals surface area contributed by atoms with Crippen molar-refractivity contribution in [2.75, 3.05) is 13.2 Å². The maximum absolute atomic E-state index is 12.6. The third-order valence-corrected chi connectivity index (χ3v) is 3.26. The second kappa shape index (κ2) is 9.19. The number of H-pyrrole nitrogens is 1. The molecular formula is C16H25N3O8. The first-order valence-electron chi connectivity index (χ1n) is 8.44. The largest absolute Gasteiger partial charge is 0.464 e. The number of nitrogens with one attached hydrogen (secondary N) is 2. The van der Waals surface area contributed by atoms with Crippen molar-refractivity contribution in [3.8, 4) is 0 Å². The number of aryl methyl sites for hydroxylation is 1. The van der Waals surface area contributed by atoms with Crippen molar-refractivity contribution in [2.24, 2.45) is 0 Å². The molecule has 1 aromatic rings. The third-order valence-electron chi connectivity index (χ3n) is 3.26. The number of alkyl carbamates (subject to hydrolysis) is 1. The van der Waals surface area contributed by atoms with Crippen LogP contribution in [-0.2, 0) is 30.2 Å². The molecule has 27 heavy (non-hydrogen) atoms. The van der Waals surface area contributed by atoms with Gasteiger partial charge in [0.25, 0.3) is 0 Å². The van der Waals surface area contributed by atoms with Gasteiger partial charge in [-0.1, -0.05) is 5.16 Å². The van der Waals surface area contributed by atoms with E-state index in [-0.39, 0.29) is 31.7 Å². The van der Waals surface area contributed by atoms with Gasteiger partial charge in [-0.2, -0.15) is 5.16 Å². The van der Waals surface area contributed by atoms with Crippen LogP contribution in [0.1, 0.15) is 46.7 Å². The Hall–Kier alpha value is -2.85. The molecule has 0 fully saturated rings. The molecule has 0 saturated carbocycles. The van der Waals surface area contributed by atoms with Crippen molar-refractivity contribution in [2.45, 2.75) is 58.6 Å². The zero-order chi connectivity index (χ0) is 20.7. The molecule has 152 valence electrons. The van der Waals surface area contributed by atoms with Gasteiger partial charge in [0.1, 0.15) is 5.60 Å². The number of nitrogens with zero attached hydrogens (tertiary/aromatic N) is 1. The molecular weight excluding hydrogens is 362 g/mol. The minimum Gasteiger partial charge on any atom is -0.464 e. The third kappa shape index (κ3) is 6.12. The van der Waals surface area contributed by atoms with Gasteiger partial charge in [0.2, 0.25) is 5.54 Å². The van der Waals surface area contributed by atoms with Crippen LogP contribution in [-0.4, -0.2) is 52.7 Å². The molecule has 0 aliphatic rings. The van der Waals surface area contributed by atoms with Gasteiger partial charge in [0.05, 0.1) is 13.2 Å². The Morgan fingerprint density at radius 2 is 1.67 bits per heavy atom. The van der Waals surface area contributed by atoms with Crippen molar-refractivity contribution in [1.29, 1.82) is 0 Å². The first-order valence-corrected chi connectivity index (χ1v) is 8.44. The Kier molecular flexibility index (Phi) is 7.56. The first kappa shape index (κ1) is 22.2. The zero-order valence-corrected chi connectivity index (χ0v) is 16.0. The summed E-state index contributed by atoms with van der Waals surface area (Å²) in [5.41, 5.74) is -3.75. The molecule has 0 atom stereocenters. The van der Waals surface area contributed by atoms with Gasteiger partial charge in [-0.3, -0.25) is 14.7 Å². The predicted molar refractivity (Wildman–Crippen MR) is 90.8 cm³/mol. The van der Waals surface area contributed by atoms with E-state index in [1.165, 1.54) is 0 Å². The Bertz CT molecular complexity index is 698. The van der Waals surface area contributed by atoms with E-state index in [0.29, 0.717) is 0 Å². The topological polar surface area (TPSA) is 150 Å². The van der Waals surface area contributed by atoms with Gasteiger partial charge in [-0.05, 0) is 41.0 Å². The maximum Gasteiger partial charge on any atom is 0.409 e. The maximum atomic E-state index is 12.6. The van der Waals surface area contributed by atoms with Gasteiger partial charge in [-0.25, -0.2) is 14.4 Å². The second-order valence-electron chi connectivity index (χ2n) is 6.53. The molecule has 11 nitrogen and oxygen atoms in total. The summed E-state index contributed by atoms with van der Waals surface area (Å²) >= 11 is 0. The number of rotatable bonds is 8. The summed E-state index contributed by atoms with van der Waals surface area (Å²) < 4.78 is 19.5. The molecule has 0 unspecified atom stereocenters. The molecule has 1 heterocycles. The van der Waals surface area contributed by atoms with Gasteiger partial charge < -0.3 is 14.2 Å². The predicted octanol–water partition coefficient (Wildman–Crippen LogP) is 0.685. The fourth-order valence-electron chi connectivity index (χ4n) is 2.12. The number of hydrogen-bond acceptors (Lipinski definition) is 9. The molecule has 1 aromatic heterocycles. The van der Waals surface area contributed by atoms with E-state index in [2.05, 4.69) is 15.1 Å². The monoisotopic (exact) mass is 387 g/mol. The van der Waals surface area contributed by atoms with Crippen LogP contribution in [0, 0.1) is 0 Å². The van der Waals surface area contributed by atoms with Crippen LogP contribution in [0.5, 0.6) is 0 Å². The van der Waals surface area contributed by atoms with Crippen LogP contribution >= 0.6 is 0 Å². The number of ether oxygens (including phenoxy) is 3. The lowest BCUT2D eigenvalue weighted by Gasteiger charge is -2.31. The molecule has 0 aromatic carbocycles. The van der Waals surface area contributed by atoms with Crippen molar-refractivity contribution in [3.63, 3.8) is 0 Å². The molecule has 1 rings (SSSR count). The Morgan fingerprint density at radius 1 is 1.11 bits per heavy atom. The Labute approximate surface area is 155 Å². The van der Waals surface area contributed by atoms with E-state index in [4.69, 9.17) is 14.2 Å². The smallest absolute Gasteiger partial charge is 0.409 e. The van der Waals surface area contributed by atoms with Crippen LogP contribution < -0.4 is 10.9 Å². The summed E-state index contributed by atoms with van der Waals surface area (Å²) in [6.07, 6.45) is -1.53. The van der Waals surface area contributed by atoms with E-state index in [1.807, 2.05) is 5.16 Å². The Balaban J connectivity index is 3.23. The standard InChI is InChI=1S/C16H25N3O8/c1-6-24-12(21)16(13(22)25-7-2,17-14(23)26-15(3,4)5)9-8-10-11(20)19-27-18-10/h6-9H2,1-5H3,(H,17,23)(H,19,20). The van der Waals surface area contributed by atoms with Crippen LogP contribution in [0.15, 0.2) is 9.42 Å². The summed E-state index contributed by atoms with van der Waals surface area (Å²) in [6.45, 7) is 7.88. The number of aromatic amines is 1. The molecule has 0 radical (unpaired) electrons. The summed E-state index contributed by atoms with van der Waals surface area (Å²) in [4.78, 5) is 49.1. The summed E-state index contributed by atoms with van der Waals surface area (Å²) in [7, 11) is 0. The van der Waals surface area contributed by atoms with Crippen molar-refractivity contribution in [1.82, 2.24) is 15.6 Å². The van der Waals surface area contributed by atoms with Crippen molar-refractivity contribution < 1.29 is 33.2 Å². The fourth-order valence-corrected chi connectivity index (χ4v) is 2.12. The number of amides is 1. The highest BCUT2D eigenvalue weighted by atomic mass is 16.6. The minimum absolute atomic E-state index is 0.0411. The van der Waals surface area contributed by atoms with E-state index < -0.39 is 34.7 Å². The molecule has 1 amide bonds. The number of aromatic nitrogens is 2. The lowest BCUT2D eigenvalue weighted by molar-refractivity contribution is -0.166. The minimum atomic E-state index is -2.21. The van der Waals surface area contributed by atoms with Gasteiger partial charge in [-0.15, -0.1) is 0 Å². The first-order chi connectivity index (χ1) is 12.6. The van der Waals surface area contributed by atoms with Crippen LogP contribution in [0.3, 0.4) is 0 Å². The van der Waals surface area contributed by atoms with E-state index >= 15 is 0 Å². The number of carbonyl (C=O) groups is 3. The lowest BCUT2D eigenvalue weighted by Crippen LogP contribution is -2.62. The van der Waals surface area contributed by atoms with Gasteiger partial charge >= 0.3 is 23.6 Å². The van der Waals surface area contributed by atoms with E-state index in [1.54, 1.807) is 34.6 Å². The SMILES string of the molecule is CCOC(=O)C(CCc1no[nH]c1=O)(NC(=O)OC(C)(C)C)C(=O)OCC. The van der Waals surface area contributed by atoms with Crippen LogP contribution in [0.2, 0.25) is 0 Å².